The van der Waals surface area contributed by atoms with Crippen molar-refractivity contribution in [1.82, 2.24) is 15.2 Å². The van der Waals surface area contributed by atoms with Crippen molar-refractivity contribution in [3.05, 3.63) is 17.3 Å². The maximum Gasteiger partial charge on any atom is 0.171 e. The number of aromatic amines is 1. The average molecular weight is 169 g/mol. The lowest BCUT2D eigenvalue weighted by atomic mass is 10.4. The largest absolute Gasteiger partial charge is 0.380 e. The molecular weight excluding hydrogens is 164 g/mol. The van der Waals surface area contributed by atoms with Crippen LogP contribution in [0.5, 0.6) is 0 Å². The number of nitrogens with one attached hydrogen (secondary N) is 1. The average Bonchev–Trinajstić information content (AvgIpc) is 2.33. The van der Waals surface area contributed by atoms with Gasteiger partial charge in [-0.1, -0.05) is 11.6 Å². The zero-order valence-electron chi connectivity index (χ0n) is 5.50. The summed E-state index contributed by atoms with van der Waals surface area (Å²) in [7, 11) is 0. The summed E-state index contributed by atoms with van der Waals surface area (Å²) in [6.45, 7) is 0. The van der Waals surface area contributed by atoms with E-state index in [9.17, 15) is 0 Å². The third kappa shape index (κ3) is 0.914. The van der Waals surface area contributed by atoms with Crippen LogP contribution in [0.4, 0.5) is 5.82 Å². The van der Waals surface area contributed by atoms with Crippen LogP contribution in [0.2, 0.25) is 5.15 Å². The van der Waals surface area contributed by atoms with E-state index in [4.69, 9.17) is 17.3 Å². The van der Waals surface area contributed by atoms with Crippen LogP contribution >= 0.6 is 11.6 Å². The molecule has 2 aromatic heterocycles. The molecule has 0 aromatic carbocycles. The Kier molecular flexibility index (Phi) is 1.22. The van der Waals surface area contributed by atoms with Gasteiger partial charge in [-0.2, -0.15) is 5.10 Å². The minimum Gasteiger partial charge on any atom is -0.380 e. The summed E-state index contributed by atoms with van der Waals surface area (Å²) in [5.74, 6) is 0.377. The van der Waals surface area contributed by atoms with Gasteiger partial charge in [0.05, 0.1) is 5.52 Å². The Bertz CT molecular complexity index is 394. The van der Waals surface area contributed by atoms with E-state index in [2.05, 4.69) is 15.2 Å². The zero-order valence-corrected chi connectivity index (χ0v) is 6.26. The molecule has 0 aliphatic carbocycles. The molecule has 0 amide bonds. The van der Waals surface area contributed by atoms with Crippen LogP contribution in [0.1, 0.15) is 0 Å². The minimum absolute atomic E-state index is 0.377. The summed E-state index contributed by atoms with van der Waals surface area (Å²) in [6, 6.07) is 3.47. The summed E-state index contributed by atoms with van der Waals surface area (Å²) >= 11 is 5.64. The lowest BCUT2D eigenvalue weighted by molar-refractivity contribution is 1.13. The predicted molar refractivity (Wildman–Crippen MR) is 43.3 cm³/mol. The second-order valence-corrected chi connectivity index (χ2v) is 2.53. The van der Waals surface area contributed by atoms with E-state index < -0.39 is 0 Å². The molecule has 56 valence electrons. The summed E-state index contributed by atoms with van der Waals surface area (Å²) < 4.78 is 0. The van der Waals surface area contributed by atoms with Crippen molar-refractivity contribution in [2.45, 2.75) is 0 Å². The standard InChI is InChI=1S/C6H5ClN4/c7-4-2-1-3-5(9-4)6(8)11-10-3/h1-2H,(H3,8,10,11). The summed E-state index contributed by atoms with van der Waals surface area (Å²) in [6.07, 6.45) is 0. The van der Waals surface area contributed by atoms with E-state index in [1.165, 1.54) is 0 Å². The first-order valence-corrected chi connectivity index (χ1v) is 3.41. The highest BCUT2D eigenvalue weighted by Gasteiger charge is 2.02. The normalized spacial score (nSPS) is 10.6. The predicted octanol–water partition coefficient (Wildman–Crippen LogP) is 1.19. The van der Waals surface area contributed by atoms with E-state index in [1.807, 2.05) is 0 Å². The van der Waals surface area contributed by atoms with Crippen LogP contribution in [-0.2, 0) is 0 Å². The molecule has 3 N–H and O–H groups in total. The maximum absolute atomic E-state index is 5.64. The van der Waals surface area contributed by atoms with Crippen molar-refractivity contribution < 1.29 is 0 Å². The Hall–Kier alpha value is -1.29. The minimum atomic E-state index is 0.377. The molecule has 5 heteroatoms. The molecule has 0 saturated heterocycles. The number of H-pyrrole nitrogens is 1. The monoisotopic (exact) mass is 168 g/mol. The number of halogens is 1. The maximum atomic E-state index is 5.64. The molecule has 4 nitrogen and oxygen atoms in total. The molecule has 0 bridgehead atoms. The lowest BCUT2D eigenvalue weighted by Gasteiger charge is -1.88. The highest BCUT2D eigenvalue weighted by Crippen LogP contribution is 2.16. The van der Waals surface area contributed by atoms with Gasteiger partial charge < -0.3 is 5.73 Å². The fourth-order valence-electron chi connectivity index (χ4n) is 0.894. The number of anilines is 1. The van der Waals surface area contributed by atoms with Crippen LogP contribution in [0.15, 0.2) is 12.1 Å². The van der Waals surface area contributed by atoms with E-state index in [-0.39, 0.29) is 0 Å². The SMILES string of the molecule is Nc1n[nH]c2ccc(Cl)nc12. The van der Waals surface area contributed by atoms with Crippen molar-refractivity contribution in [2.24, 2.45) is 0 Å². The molecular formula is C6H5ClN4. The number of aromatic nitrogens is 3. The molecule has 0 fully saturated rings. The van der Waals surface area contributed by atoms with Crippen LogP contribution < -0.4 is 5.73 Å². The molecule has 0 atom stereocenters. The van der Waals surface area contributed by atoms with E-state index in [1.54, 1.807) is 12.1 Å². The Labute approximate surface area is 67.4 Å². The van der Waals surface area contributed by atoms with Crippen molar-refractivity contribution in [3.63, 3.8) is 0 Å². The van der Waals surface area contributed by atoms with Crippen molar-refractivity contribution in [2.75, 3.05) is 5.73 Å². The Morgan fingerprint density at radius 1 is 1.45 bits per heavy atom. The molecule has 0 aliphatic rings. The summed E-state index contributed by atoms with van der Waals surface area (Å²) in [5.41, 5.74) is 6.90. The number of hydrogen-bond acceptors (Lipinski definition) is 3. The van der Waals surface area contributed by atoms with Gasteiger partial charge in [0.15, 0.2) is 5.82 Å². The van der Waals surface area contributed by atoms with Gasteiger partial charge in [-0.05, 0) is 12.1 Å². The number of nitrogens with two attached hydrogens (primary N) is 1. The summed E-state index contributed by atoms with van der Waals surface area (Å²) in [4.78, 5) is 3.98. The van der Waals surface area contributed by atoms with E-state index >= 15 is 0 Å². The van der Waals surface area contributed by atoms with Gasteiger partial charge in [-0.15, -0.1) is 0 Å². The fourth-order valence-corrected chi connectivity index (χ4v) is 1.04. The second kappa shape index (κ2) is 2.10. The molecule has 0 aliphatic heterocycles. The topological polar surface area (TPSA) is 67.6 Å². The fraction of sp³-hybridized carbons (Fsp3) is 0. The van der Waals surface area contributed by atoms with Gasteiger partial charge in [0, 0.05) is 0 Å². The number of pyridine rings is 1. The molecule has 0 spiro atoms. The Morgan fingerprint density at radius 3 is 3.09 bits per heavy atom. The molecule has 0 radical (unpaired) electrons. The van der Waals surface area contributed by atoms with Crippen LogP contribution in [0, 0.1) is 0 Å². The Morgan fingerprint density at radius 2 is 2.27 bits per heavy atom. The molecule has 11 heavy (non-hydrogen) atoms. The van der Waals surface area contributed by atoms with Gasteiger partial charge in [-0.25, -0.2) is 4.98 Å². The van der Waals surface area contributed by atoms with Gasteiger partial charge in [-0.3, -0.25) is 5.10 Å². The first-order chi connectivity index (χ1) is 5.27. The molecule has 2 aromatic rings. The van der Waals surface area contributed by atoms with Crippen molar-refractivity contribution >= 4 is 28.5 Å². The number of nitrogen functional groups attached to an aromatic ring is 1. The van der Waals surface area contributed by atoms with E-state index in [0.29, 0.717) is 16.5 Å². The number of fused-ring (bicyclic) bond motifs is 1. The van der Waals surface area contributed by atoms with Gasteiger partial charge >= 0.3 is 0 Å². The number of nitrogens with zero attached hydrogens (tertiary/aromatic N) is 2. The highest BCUT2D eigenvalue weighted by atomic mass is 35.5. The first-order valence-electron chi connectivity index (χ1n) is 3.03. The van der Waals surface area contributed by atoms with Crippen LogP contribution in [0.3, 0.4) is 0 Å². The molecule has 2 rings (SSSR count). The second-order valence-electron chi connectivity index (χ2n) is 2.14. The first kappa shape index (κ1) is 6.42. The number of rotatable bonds is 0. The summed E-state index contributed by atoms with van der Waals surface area (Å²) in [5, 5.41) is 6.91. The smallest absolute Gasteiger partial charge is 0.171 e. The molecule has 2 heterocycles. The lowest BCUT2D eigenvalue weighted by Crippen LogP contribution is -1.85. The van der Waals surface area contributed by atoms with Crippen LogP contribution in [0.25, 0.3) is 11.0 Å². The molecule has 0 saturated carbocycles. The quantitative estimate of drug-likeness (QED) is 0.581. The van der Waals surface area contributed by atoms with Crippen molar-refractivity contribution in [1.29, 1.82) is 0 Å². The van der Waals surface area contributed by atoms with Gasteiger partial charge in [0.25, 0.3) is 0 Å². The zero-order chi connectivity index (χ0) is 7.84. The van der Waals surface area contributed by atoms with Gasteiger partial charge in [0.1, 0.15) is 10.7 Å². The van der Waals surface area contributed by atoms with Crippen LogP contribution in [-0.4, -0.2) is 15.2 Å². The Balaban J connectivity index is 2.87. The van der Waals surface area contributed by atoms with Gasteiger partial charge in [0.2, 0.25) is 0 Å². The number of hydrogen-bond donors (Lipinski definition) is 2. The third-order valence-corrected chi connectivity index (χ3v) is 1.61. The molecule has 0 unspecified atom stereocenters. The third-order valence-electron chi connectivity index (χ3n) is 1.40. The highest BCUT2D eigenvalue weighted by molar-refractivity contribution is 6.29. The van der Waals surface area contributed by atoms with E-state index in [0.717, 1.165) is 5.52 Å². The van der Waals surface area contributed by atoms with Crippen molar-refractivity contribution in [3.8, 4) is 0 Å².